The molecule has 3 rings (SSSR count). The molecule has 0 spiro atoms. The summed E-state index contributed by atoms with van der Waals surface area (Å²) >= 11 is 0. The third-order valence-electron chi connectivity index (χ3n) is 5.75. The minimum atomic E-state index is -0.110. The zero-order chi connectivity index (χ0) is 17.7. The lowest BCUT2D eigenvalue weighted by molar-refractivity contribution is 0.0820. The van der Waals surface area contributed by atoms with Crippen molar-refractivity contribution in [3.8, 4) is 6.07 Å². The third-order valence-corrected chi connectivity index (χ3v) is 5.75. The van der Waals surface area contributed by atoms with E-state index in [1.54, 1.807) is 7.11 Å². The molecule has 25 heavy (non-hydrogen) atoms. The predicted molar refractivity (Wildman–Crippen MR) is 97.7 cm³/mol. The zero-order valence-electron chi connectivity index (χ0n) is 15.3. The topological polar surface area (TPSA) is 69.4 Å². The molecule has 0 aromatic carbocycles. The molecule has 1 aliphatic carbocycles. The Bertz CT molecular complexity index is 641. The molecule has 1 aliphatic heterocycles. The highest BCUT2D eigenvalue weighted by molar-refractivity contribution is 5.57. The second-order valence-corrected chi connectivity index (χ2v) is 7.56. The van der Waals surface area contributed by atoms with E-state index in [-0.39, 0.29) is 12.0 Å². The van der Waals surface area contributed by atoms with Gasteiger partial charge in [0.15, 0.2) is 0 Å². The number of methoxy groups -OCH3 is 1. The molecule has 1 aromatic heterocycles. The molecule has 5 heteroatoms. The minimum Gasteiger partial charge on any atom is -0.396 e. The second kappa shape index (κ2) is 8.16. The Hall–Kier alpha value is -1.64. The van der Waals surface area contributed by atoms with Crippen LogP contribution in [0.3, 0.4) is 0 Å². The largest absolute Gasteiger partial charge is 0.396 e. The highest BCUT2D eigenvalue weighted by Crippen LogP contribution is 2.37. The molecular weight excluding hydrogens is 314 g/mol. The van der Waals surface area contributed by atoms with Crippen molar-refractivity contribution in [2.24, 2.45) is 5.41 Å². The summed E-state index contributed by atoms with van der Waals surface area (Å²) in [5, 5.41) is 19.7. The fourth-order valence-electron chi connectivity index (χ4n) is 4.34. The van der Waals surface area contributed by atoms with Crippen LogP contribution in [-0.2, 0) is 17.6 Å². The van der Waals surface area contributed by atoms with Crippen molar-refractivity contribution >= 4 is 5.82 Å². The number of hydrogen-bond donors (Lipinski definition) is 1. The van der Waals surface area contributed by atoms with Crippen LogP contribution >= 0.6 is 0 Å². The van der Waals surface area contributed by atoms with E-state index in [4.69, 9.17) is 9.72 Å². The molecule has 5 nitrogen and oxygen atoms in total. The van der Waals surface area contributed by atoms with E-state index in [1.807, 2.05) is 0 Å². The van der Waals surface area contributed by atoms with Gasteiger partial charge < -0.3 is 14.7 Å². The van der Waals surface area contributed by atoms with E-state index in [2.05, 4.69) is 17.0 Å². The summed E-state index contributed by atoms with van der Waals surface area (Å²) in [4.78, 5) is 7.14. The van der Waals surface area contributed by atoms with Crippen molar-refractivity contribution in [3.05, 3.63) is 22.9 Å². The molecule has 0 amide bonds. The number of aliphatic hydroxyl groups excluding tert-OH is 1. The van der Waals surface area contributed by atoms with Crippen LogP contribution < -0.4 is 4.90 Å². The number of ether oxygens (including phenoxy) is 1. The number of piperidine rings is 1. The maximum absolute atomic E-state index is 10.1. The van der Waals surface area contributed by atoms with Gasteiger partial charge in [0, 0.05) is 37.9 Å². The number of nitriles is 1. The molecule has 0 radical (unpaired) electrons. The zero-order valence-corrected chi connectivity index (χ0v) is 15.3. The fourth-order valence-corrected chi connectivity index (χ4v) is 4.34. The first-order chi connectivity index (χ1) is 12.2. The summed E-state index contributed by atoms with van der Waals surface area (Å²) in [7, 11) is 1.72. The molecular formula is C20H29N3O2. The van der Waals surface area contributed by atoms with Gasteiger partial charge in [0.25, 0.3) is 0 Å². The van der Waals surface area contributed by atoms with Gasteiger partial charge in [0.05, 0.1) is 12.2 Å². The smallest absolute Gasteiger partial charge is 0.146 e. The normalized spacial score (nSPS) is 23.2. The van der Waals surface area contributed by atoms with Crippen LogP contribution in [0.25, 0.3) is 0 Å². The second-order valence-electron chi connectivity index (χ2n) is 7.56. The van der Waals surface area contributed by atoms with Crippen LogP contribution in [0.1, 0.15) is 55.3 Å². The lowest BCUT2D eigenvalue weighted by atomic mass is 9.77. The lowest BCUT2D eigenvalue weighted by Crippen LogP contribution is -2.46. The van der Waals surface area contributed by atoms with Crippen molar-refractivity contribution < 1.29 is 9.84 Å². The van der Waals surface area contributed by atoms with E-state index in [0.717, 1.165) is 64.0 Å². The highest BCUT2D eigenvalue weighted by Gasteiger charge is 2.36. The van der Waals surface area contributed by atoms with Crippen molar-refractivity contribution in [2.75, 3.05) is 38.3 Å². The van der Waals surface area contributed by atoms with Gasteiger partial charge in [-0.2, -0.15) is 5.26 Å². The fraction of sp³-hybridized carbons (Fsp3) is 0.700. The van der Waals surface area contributed by atoms with Gasteiger partial charge >= 0.3 is 0 Å². The summed E-state index contributed by atoms with van der Waals surface area (Å²) in [6, 6.07) is 4.41. The molecule has 0 bridgehead atoms. The maximum atomic E-state index is 10.1. The lowest BCUT2D eigenvalue weighted by Gasteiger charge is -2.43. The van der Waals surface area contributed by atoms with E-state index < -0.39 is 0 Å². The average Bonchev–Trinajstić information content (AvgIpc) is 2.67. The van der Waals surface area contributed by atoms with Crippen LogP contribution in [0.2, 0.25) is 0 Å². The van der Waals surface area contributed by atoms with Gasteiger partial charge in [-0.05, 0) is 63.0 Å². The number of aryl methyl sites for hydroxylation is 2. The van der Waals surface area contributed by atoms with E-state index >= 15 is 0 Å². The minimum absolute atomic E-state index is 0.110. The van der Waals surface area contributed by atoms with Gasteiger partial charge in [-0.1, -0.05) is 0 Å². The Labute approximate surface area is 150 Å². The highest BCUT2D eigenvalue weighted by atomic mass is 16.5. The molecule has 0 unspecified atom stereocenters. The van der Waals surface area contributed by atoms with Crippen molar-refractivity contribution in [1.82, 2.24) is 4.98 Å². The van der Waals surface area contributed by atoms with Crippen LogP contribution in [0.15, 0.2) is 6.07 Å². The Kier molecular flexibility index (Phi) is 5.93. The molecule has 1 N–H and O–H groups in total. The Morgan fingerprint density at radius 2 is 2.20 bits per heavy atom. The predicted octanol–water partition coefficient (Wildman–Crippen LogP) is 2.84. The number of rotatable bonds is 6. The standard InChI is InChI=1S/C20H29N3O2/c1-25-11-5-9-20(15-24)8-4-10-23(14-20)19-17(13-21)12-16-6-2-3-7-18(16)22-19/h12,24H,2-11,14-15H2,1H3/t20-/m0/s1. The van der Waals surface area contributed by atoms with Crippen LogP contribution in [0, 0.1) is 16.7 Å². The molecule has 136 valence electrons. The molecule has 2 heterocycles. The summed E-state index contributed by atoms with van der Waals surface area (Å²) in [6.45, 7) is 2.59. The first-order valence-electron chi connectivity index (χ1n) is 9.49. The van der Waals surface area contributed by atoms with E-state index in [9.17, 15) is 10.4 Å². The number of nitrogens with zero attached hydrogens (tertiary/aromatic N) is 3. The van der Waals surface area contributed by atoms with Crippen molar-refractivity contribution in [3.63, 3.8) is 0 Å². The number of anilines is 1. The van der Waals surface area contributed by atoms with Crippen molar-refractivity contribution in [1.29, 1.82) is 5.26 Å². The van der Waals surface area contributed by atoms with Gasteiger partial charge in [0.1, 0.15) is 11.9 Å². The number of aliphatic hydroxyl groups is 1. The third kappa shape index (κ3) is 3.96. The molecule has 1 atom stereocenters. The summed E-state index contributed by atoms with van der Waals surface area (Å²) in [6.07, 6.45) is 8.37. The summed E-state index contributed by atoms with van der Waals surface area (Å²) < 4.78 is 5.18. The molecule has 1 saturated heterocycles. The Balaban J connectivity index is 1.84. The molecule has 0 saturated carbocycles. The van der Waals surface area contributed by atoms with Crippen molar-refractivity contribution in [2.45, 2.75) is 51.4 Å². The SMILES string of the molecule is COCCC[C@@]1(CO)CCCN(c2nc3c(cc2C#N)CCCC3)C1. The van der Waals surface area contributed by atoms with E-state index in [1.165, 1.54) is 24.1 Å². The molecule has 1 aromatic rings. The van der Waals surface area contributed by atoms with Crippen LogP contribution in [0.5, 0.6) is 0 Å². The van der Waals surface area contributed by atoms with Gasteiger partial charge in [-0.25, -0.2) is 4.98 Å². The first kappa shape index (κ1) is 18.2. The summed E-state index contributed by atoms with van der Waals surface area (Å²) in [5.74, 6) is 0.826. The number of hydrogen-bond acceptors (Lipinski definition) is 5. The maximum Gasteiger partial charge on any atom is 0.146 e. The van der Waals surface area contributed by atoms with E-state index in [0.29, 0.717) is 5.56 Å². The van der Waals surface area contributed by atoms with Gasteiger partial charge in [0.2, 0.25) is 0 Å². The summed E-state index contributed by atoms with van der Waals surface area (Å²) in [5.41, 5.74) is 2.99. The quantitative estimate of drug-likeness (QED) is 0.804. The van der Waals surface area contributed by atoms with Crippen LogP contribution in [-0.4, -0.2) is 43.5 Å². The first-order valence-corrected chi connectivity index (χ1v) is 9.49. The number of fused-ring (bicyclic) bond motifs is 1. The Morgan fingerprint density at radius 1 is 1.36 bits per heavy atom. The molecule has 2 aliphatic rings. The Morgan fingerprint density at radius 3 is 2.96 bits per heavy atom. The average molecular weight is 343 g/mol. The molecule has 1 fully saturated rings. The van der Waals surface area contributed by atoms with Gasteiger partial charge in [-0.3, -0.25) is 0 Å². The monoisotopic (exact) mass is 343 g/mol. The number of aromatic nitrogens is 1. The van der Waals surface area contributed by atoms with Crippen LogP contribution in [0.4, 0.5) is 5.82 Å². The number of pyridine rings is 1. The van der Waals surface area contributed by atoms with Gasteiger partial charge in [-0.15, -0.1) is 0 Å².